The molecule has 160 valence electrons. The molecule has 1 aliphatic heterocycles. The monoisotopic (exact) mass is 434 g/mol. The zero-order chi connectivity index (χ0) is 21.7. The Morgan fingerprint density at radius 3 is 2.37 bits per heavy atom. The summed E-state index contributed by atoms with van der Waals surface area (Å²) in [4.78, 5) is 28.7. The first-order valence-electron chi connectivity index (χ1n) is 9.66. The first kappa shape index (κ1) is 21.9. The molecule has 0 radical (unpaired) electrons. The number of carbonyl (C=O) groups is 2. The van der Waals surface area contributed by atoms with Gasteiger partial charge >= 0.3 is 0 Å². The second-order valence-corrected chi connectivity index (χ2v) is 7.36. The zero-order valence-electron chi connectivity index (χ0n) is 17.0. The van der Waals surface area contributed by atoms with Crippen LogP contribution in [-0.2, 0) is 11.2 Å². The van der Waals surface area contributed by atoms with Crippen LogP contribution in [-0.4, -0.2) is 62.0 Å². The highest BCUT2D eigenvalue weighted by atomic mass is 35.5. The molecule has 0 unspecified atom stereocenters. The number of halogens is 2. The number of aryl methyl sites for hydroxylation is 1. The van der Waals surface area contributed by atoms with Crippen molar-refractivity contribution < 1.29 is 23.5 Å². The van der Waals surface area contributed by atoms with E-state index in [1.807, 2.05) is 18.2 Å². The molecule has 1 saturated heterocycles. The third-order valence-corrected chi connectivity index (χ3v) is 5.49. The average Bonchev–Trinajstić information content (AvgIpc) is 2.76. The molecule has 1 heterocycles. The van der Waals surface area contributed by atoms with Crippen molar-refractivity contribution in [3.63, 3.8) is 0 Å². The van der Waals surface area contributed by atoms with Crippen molar-refractivity contribution >= 4 is 23.4 Å². The van der Waals surface area contributed by atoms with Gasteiger partial charge in [-0.25, -0.2) is 4.39 Å². The Morgan fingerprint density at radius 1 is 1.03 bits per heavy atom. The first-order valence-corrected chi connectivity index (χ1v) is 10.0. The molecule has 6 nitrogen and oxygen atoms in total. The molecule has 2 aromatic rings. The van der Waals surface area contributed by atoms with Gasteiger partial charge in [0.1, 0.15) is 5.82 Å². The quantitative estimate of drug-likeness (QED) is 0.699. The minimum absolute atomic E-state index is 0.0202. The van der Waals surface area contributed by atoms with Crippen LogP contribution in [0.2, 0.25) is 5.02 Å². The zero-order valence-corrected chi connectivity index (χ0v) is 17.7. The molecule has 0 spiro atoms. The van der Waals surface area contributed by atoms with Gasteiger partial charge in [-0.15, -0.1) is 0 Å². The number of rotatable bonds is 6. The van der Waals surface area contributed by atoms with E-state index < -0.39 is 5.82 Å². The molecule has 0 atom stereocenters. The molecule has 1 fully saturated rings. The molecule has 0 bridgehead atoms. The molecule has 30 heavy (non-hydrogen) atoms. The number of benzene rings is 2. The Morgan fingerprint density at radius 2 is 1.73 bits per heavy atom. The third-order valence-electron chi connectivity index (χ3n) is 5.17. The molecule has 1 aliphatic rings. The topological polar surface area (TPSA) is 59.1 Å². The number of para-hydroxylation sites is 1. The van der Waals surface area contributed by atoms with Crippen molar-refractivity contribution in [1.29, 1.82) is 0 Å². The van der Waals surface area contributed by atoms with Crippen molar-refractivity contribution in [2.24, 2.45) is 0 Å². The van der Waals surface area contributed by atoms with Crippen molar-refractivity contribution in [2.75, 3.05) is 40.4 Å². The highest BCUT2D eigenvalue weighted by molar-refractivity contribution is 6.33. The Hall–Kier alpha value is -2.80. The minimum Gasteiger partial charge on any atom is -0.493 e. The molecule has 0 saturated carbocycles. The third kappa shape index (κ3) is 4.84. The predicted octanol–water partition coefficient (Wildman–Crippen LogP) is 3.41. The van der Waals surface area contributed by atoms with Crippen molar-refractivity contribution in [1.82, 2.24) is 9.80 Å². The summed E-state index contributed by atoms with van der Waals surface area (Å²) in [6.45, 7) is 1.69. The van der Waals surface area contributed by atoms with Crippen LogP contribution < -0.4 is 9.47 Å². The SMILES string of the molecule is COc1cccc(CCC(=O)N2CCN(C(=O)c3ccc(F)cc3Cl)CC2)c1OC. The van der Waals surface area contributed by atoms with Gasteiger partial charge in [-0.1, -0.05) is 23.7 Å². The molecule has 0 aliphatic carbocycles. The molecule has 3 rings (SSSR count). The van der Waals surface area contributed by atoms with Crippen LogP contribution in [0, 0.1) is 5.82 Å². The van der Waals surface area contributed by atoms with Crippen LogP contribution in [0.4, 0.5) is 4.39 Å². The highest BCUT2D eigenvalue weighted by Gasteiger charge is 2.26. The van der Waals surface area contributed by atoms with Crippen molar-refractivity contribution in [2.45, 2.75) is 12.8 Å². The Labute approximate surface area is 180 Å². The lowest BCUT2D eigenvalue weighted by Crippen LogP contribution is -2.50. The van der Waals surface area contributed by atoms with E-state index in [-0.39, 0.29) is 22.4 Å². The van der Waals surface area contributed by atoms with E-state index in [0.717, 1.165) is 11.6 Å². The number of nitrogens with zero attached hydrogens (tertiary/aromatic N) is 2. The summed E-state index contributed by atoms with van der Waals surface area (Å²) in [6.07, 6.45) is 0.866. The minimum atomic E-state index is -0.486. The maximum absolute atomic E-state index is 13.2. The molecular formula is C22H24ClFN2O4. The maximum atomic E-state index is 13.2. The molecule has 2 amide bonds. The summed E-state index contributed by atoms with van der Waals surface area (Å²) in [6, 6.07) is 9.32. The molecular weight excluding hydrogens is 411 g/mol. The van der Waals surface area contributed by atoms with E-state index in [2.05, 4.69) is 0 Å². The van der Waals surface area contributed by atoms with Crippen molar-refractivity contribution in [3.8, 4) is 11.5 Å². The fourth-order valence-electron chi connectivity index (χ4n) is 3.54. The summed E-state index contributed by atoms with van der Waals surface area (Å²) in [5.41, 5.74) is 1.17. The largest absolute Gasteiger partial charge is 0.493 e. The lowest BCUT2D eigenvalue weighted by molar-refractivity contribution is -0.132. The number of hydrogen-bond donors (Lipinski definition) is 0. The number of methoxy groups -OCH3 is 2. The summed E-state index contributed by atoms with van der Waals surface area (Å²) in [5.74, 6) is 0.549. The van der Waals surface area contributed by atoms with Gasteiger partial charge in [-0.2, -0.15) is 0 Å². The molecule has 0 N–H and O–H groups in total. The van der Waals surface area contributed by atoms with E-state index in [0.29, 0.717) is 50.5 Å². The Kier molecular flexibility index (Phi) is 7.15. The standard InChI is InChI=1S/C22H24ClFN2O4/c1-29-19-5-3-4-15(21(19)30-2)6-9-20(27)25-10-12-26(13-11-25)22(28)17-8-7-16(24)14-18(17)23/h3-5,7-8,14H,6,9-13H2,1-2H3. The van der Waals surface area contributed by atoms with Gasteiger partial charge in [0.05, 0.1) is 24.8 Å². The fourth-order valence-corrected chi connectivity index (χ4v) is 3.79. The molecule has 0 aromatic heterocycles. The number of amides is 2. The van der Waals surface area contributed by atoms with Gasteiger partial charge in [0.2, 0.25) is 5.91 Å². The van der Waals surface area contributed by atoms with Crippen LogP contribution in [0.1, 0.15) is 22.3 Å². The van der Waals surface area contributed by atoms with Crippen LogP contribution in [0.25, 0.3) is 0 Å². The van der Waals surface area contributed by atoms with E-state index in [9.17, 15) is 14.0 Å². The predicted molar refractivity (Wildman–Crippen MR) is 112 cm³/mol. The second-order valence-electron chi connectivity index (χ2n) is 6.95. The normalized spacial score (nSPS) is 13.9. The molecule has 2 aromatic carbocycles. The lowest BCUT2D eigenvalue weighted by atomic mass is 10.1. The summed E-state index contributed by atoms with van der Waals surface area (Å²) in [7, 11) is 3.15. The van der Waals surface area contributed by atoms with Crippen LogP contribution in [0.15, 0.2) is 36.4 Å². The van der Waals surface area contributed by atoms with E-state index in [1.165, 1.54) is 12.1 Å². The van der Waals surface area contributed by atoms with Crippen LogP contribution in [0.3, 0.4) is 0 Å². The van der Waals surface area contributed by atoms with Gasteiger partial charge in [-0.05, 0) is 36.2 Å². The van der Waals surface area contributed by atoms with Gasteiger partial charge in [0.15, 0.2) is 11.5 Å². The van der Waals surface area contributed by atoms with Gasteiger partial charge in [0, 0.05) is 32.6 Å². The summed E-state index contributed by atoms with van der Waals surface area (Å²) in [5, 5.41) is 0.0887. The lowest BCUT2D eigenvalue weighted by Gasteiger charge is -2.35. The van der Waals surface area contributed by atoms with E-state index in [4.69, 9.17) is 21.1 Å². The van der Waals surface area contributed by atoms with Gasteiger partial charge in [0.25, 0.3) is 5.91 Å². The molecule has 8 heteroatoms. The summed E-state index contributed by atoms with van der Waals surface area (Å²) >= 11 is 6.00. The number of hydrogen-bond acceptors (Lipinski definition) is 4. The number of piperazine rings is 1. The smallest absolute Gasteiger partial charge is 0.255 e. The second kappa shape index (κ2) is 9.80. The number of ether oxygens (including phenoxy) is 2. The van der Waals surface area contributed by atoms with Crippen LogP contribution in [0.5, 0.6) is 11.5 Å². The van der Waals surface area contributed by atoms with Gasteiger partial charge < -0.3 is 19.3 Å². The van der Waals surface area contributed by atoms with E-state index >= 15 is 0 Å². The number of carbonyl (C=O) groups excluding carboxylic acids is 2. The Bertz CT molecular complexity index is 929. The van der Waals surface area contributed by atoms with Gasteiger partial charge in [-0.3, -0.25) is 9.59 Å². The Balaban J connectivity index is 1.55. The highest BCUT2D eigenvalue weighted by Crippen LogP contribution is 2.31. The van der Waals surface area contributed by atoms with E-state index in [1.54, 1.807) is 24.0 Å². The fraction of sp³-hybridized carbons (Fsp3) is 0.364. The first-order chi connectivity index (χ1) is 14.4. The maximum Gasteiger partial charge on any atom is 0.255 e. The van der Waals surface area contributed by atoms with Crippen molar-refractivity contribution in [3.05, 3.63) is 58.4 Å². The summed E-state index contributed by atoms with van der Waals surface area (Å²) < 4.78 is 23.9. The van der Waals surface area contributed by atoms with Crippen LogP contribution >= 0.6 is 11.6 Å². The average molecular weight is 435 g/mol.